The van der Waals surface area contributed by atoms with Crippen LogP contribution < -0.4 is 10.2 Å². The minimum atomic E-state index is -4.37. The summed E-state index contributed by atoms with van der Waals surface area (Å²) >= 11 is 0. The molecule has 0 radical (unpaired) electrons. The molecule has 1 N–H and O–H groups in total. The minimum absolute atomic E-state index is 0.0677. The summed E-state index contributed by atoms with van der Waals surface area (Å²) in [4.78, 5) is 19.9. The second kappa shape index (κ2) is 8.98. The van der Waals surface area contributed by atoms with E-state index in [2.05, 4.69) is 10.3 Å². The van der Waals surface area contributed by atoms with Crippen molar-refractivity contribution in [2.24, 2.45) is 5.92 Å². The number of halogens is 3. The number of piperidine rings is 1. The third kappa shape index (κ3) is 5.50. The second-order valence-electron chi connectivity index (χ2n) is 7.53. The maximum atomic E-state index is 12.9. The van der Waals surface area contributed by atoms with Crippen LogP contribution in [0.1, 0.15) is 31.2 Å². The molecular formula is C19H27F3N4O2. The molecule has 156 valence electrons. The molecule has 6 nitrogen and oxygen atoms in total. The van der Waals surface area contributed by atoms with Gasteiger partial charge in [0.15, 0.2) is 0 Å². The summed E-state index contributed by atoms with van der Waals surface area (Å²) in [5.74, 6) is 0.620. The molecule has 9 heteroatoms. The number of nitrogens with one attached hydrogen (secondary N) is 1. The Bertz CT molecular complexity index is 657. The molecule has 3 rings (SSSR count). The number of likely N-dealkylation sites (tertiary alicyclic amines) is 1. The summed E-state index contributed by atoms with van der Waals surface area (Å²) in [5, 5.41) is 2.93. The van der Waals surface area contributed by atoms with E-state index in [-0.39, 0.29) is 12.1 Å². The van der Waals surface area contributed by atoms with Gasteiger partial charge in [-0.05, 0) is 43.7 Å². The Morgan fingerprint density at radius 1 is 1.36 bits per heavy atom. The van der Waals surface area contributed by atoms with Gasteiger partial charge in [0.05, 0.1) is 11.7 Å². The van der Waals surface area contributed by atoms with Crippen LogP contribution in [-0.2, 0) is 10.9 Å². The van der Waals surface area contributed by atoms with E-state index in [0.717, 1.165) is 44.4 Å². The van der Waals surface area contributed by atoms with Crippen molar-refractivity contribution < 1.29 is 22.7 Å². The fourth-order valence-corrected chi connectivity index (χ4v) is 3.72. The van der Waals surface area contributed by atoms with Crippen LogP contribution in [0.15, 0.2) is 18.3 Å². The quantitative estimate of drug-likeness (QED) is 0.825. The monoisotopic (exact) mass is 400 g/mol. The number of urea groups is 1. The number of alkyl halides is 3. The van der Waals surface area contributed by atoms with Crippen LogP contribution in [-0.4, -0.2) is 61.9 Å². The zero-order valence-electron chi connectivity index (χ0n) is 16.0. The van der Waals surface area contributed by atoms with E-state index in [1.807, 2.05) is 0 Å². The Kier molecular flexibility index (Phi) is 6.64. The first-order valence-corrected chi connectivity index (χ1v) is 9.71. The van der Waals surface area contributed by atoms with E-state index in [0.29, 0.717) is 37.9 Å². The molecule has 1 aromatic rings. The number of nitrogens with zero attached hydrogens (tertiary/aromatic N) is 3. The first-order chi connectivity index (χ1) is 13.3. The average Bonchev–Trinajstić information content (AvgIpc) is 3.20. The summed E-state index contributed by atoms with van der Waals surface area (Å²) < 4.78 is 44.1. The zero-order valence-corrected chi connectivity index (χ0v) is 16.0. The van der Waals surface area contributed by atoms with Gasteiger partial charge in [-0.3, -0.25) is 0 Å². The first kappa shape index (κ1) is 20.7. The molecule has 28 heavy (non-hydrogen) atoms. The van der Waals surface area contributed by atoms with Gasteiger partial charge in [-0.15, -0.1) is 0 Å². The molecule has 0 bridgehead atoms. The fraction of sp³-hybridized carbons (Fsp3) is 0.684. The molecular weight excluding hydrogens is 373 g/mol. The second-order valence-corrected chi connectivity index (χ2v) is 7.53. The first-order valence-electron chi connectivity index (χ1n) is 9.71. The number of amides is 2. The molecule has 2 aliphatic rings. The Morgan fingerprint density at radius 3 is 2.75 bits per heavy atom. The van der Waals surface area contributed by atoms with Gasteiger partial charge < -0.3 is 19.9 Å². The highest BCUT2D eigenvalue weighted by molar-refractivity contribution is 5.74. The summed E-state index contributed by atoms with van der Waals surface area (Å²) in [5.41, 5.74) is -0.693. The highest BCUT2D eigenvalue weighted by Crippen LogP contribution is 2.31. The van der Waals surface area contributed by atoms with Gasteiger partial charge in [0.1, 0.15) is 5.82 Å². The Balaban J connectivity index is 1.44. The SMILES string of the molecule is CN(CC1CCN(C(=O)NCC2CCCO2)CC1)c1cc(C(F)(F)F)ccn1. The van der Waals surface area contributed by atoms with E-state index in [4.69, 9.17) is 4.74 Å². The van der Waals surface area contributed by atoms with E-state index < -0.39 is 11.7 Å². The number of aromatic nitrogens is 1. The number of hydrogen-bond donors (Lipinski definition) is 1. The topological polar surface area (TPSA) is 57.7 Å². The lowest BCUT2D eigenvalue weighted by Gasteiger charge is -2.34. The normalized spacial score (nSPS) is 21.0. The third-order valence-corrected chi connectivity index (χ3v) is 5.40. The lowest BCUT2D eigenvalue weighted by molar-refractivity contribution is -0.137. The number of rotatable bonds is 5. The minimum Gasteiger partial charge on any atom is -0.376 e. The average molecular weight is 400 g/mol. The van der Waals surface area contributed by atoms with Crippen molar-refractivity contribution in [2.45, 2.75) is 38.0 Å². The molecule has 0 saturated carbocycles. The van der Waals surface area contributed by atoms with Crippen molar-refractivity contribution in [3.05, 3.63) is 23.9 Å². The van der Waals surface area contributed by atoms with Gasteiger partial charge in [0.25, 0.3) is 0 Å². The van der Waals surface area contributed by atoms with E-state index in [1.165, 1.54) is 6.20 Å². The Morgan fingerprint density at radius 2 is 2.11 bits per heavy atom. The lowest BCUT2D eigenvalue weighted by Crippen LogP contribution is -2.47. The predicted molar refractivity (Wildman–Crippen MR) is 99.2 cm³/mol. The molecule has 0 spiro atoms. The van der Waals surface area contributed by atoms with Gasteiger partial charge in [-0.2, -0.15) is 13.2 Å². The van der Waals surface area contributed by atoms with E-state index in [1.54, 1.807) is 16.8 Å². The molecule has 2 fully saturated rings. The maximum Gasteiger partial charge on any atom is 0.416 e. The Labute approximate surface area is 163 Å². The summed E-state index contributed by atoms with van der Waals surface area (Å²) in [6.45, 7) is 3.21. The molecule has 1 aromatic heterocycles. The highest BCUT2D eigenvalue weighted by Gasteiger charge is 2.31. The summed E-state index contributed by atoms with van der Waals surface area (Å²) in [7, 11) is 1.75. The molecule has 0 aromatic carbocycles. The number of carbonyl (C=O) groups is 1. The fourth-order valence-electron chi connectivity index (χ4n) is 3.72. The van der Waals surface area contributed by atoms with Crippen LogP contribution in [0.25, 0.3) is 0 Å². The zero-order chi connectivity index (χ0) is 20.1. The van der Waals surface area contributed by atoms with Crippen LogP contribution in [0.4, 0.5) is 23.8 Å². The van der Waals surface area contributed by atoms with Crippen LogP contribution >= 0.6 is 0 Å². The van der Waals surface area contributed by atoms with Gasteiger partial charge in [0, 0.05) is 46.0 Å². The molecule has 2 saturated heterocycles. The van der Waals surface area contributed by atoms with Crippen molar-refractivity contribution >= 4 is 11.8 Å². The number of ether oxygens (including phenoxy) is 1. The van der Waals surface area contributed by atoms with Crippen LogP contribution in [0, 0.1) is 5.92 Å². The van der Waals surface area contributed by atoms with Crippen molar-refractivity contribution in [2.75, 3.05) is 44.7 Å². The van der Waals surface area contributed by atoms with Crippen molar-refractivity contribution in [3.8, 4) is 0 Å². The Hall–Kier alpha value is -2.03. The van der Waals surface area contributed by atoms with Gasteiger partial charge in [-0.25, -0.2) is 9.78 Å². The lowest BCUT2D eigenvalue weighted by atomic mass is 9.96. The number of hydrogen-bond acceptors (Lipinski definition) is 4. The number of anilines is 1. The van der Waals surface area contributed by atoms with Crippen LogP contribution in [0.3, 0.4) is 0 Å². The third-order valence-electron chi connectivity index (χ3n) is 5.40. The molecule has 3 heterocycles. The van der Waals surface area contributed by atoms with E-state index >= 15 is 0 Å². The van der Waals surface area contributed by atoms with E-state index in [9.17, 15) is 18.0 Å². The van der Waals surface area contributed by atoms with Crippen LogP contribution in [0.5, 0.6) is 0 Å². The molecule has 1 atom stereocenters. The number of pyridine rings is 1. The number of carbonyl (C=O) groups excluding carboxylic acids is 1. The largest absolute Gasteiger partial charge is 0.416 e. The van der Waals surface area contributed by atoms with Crippen molar-refractivity contribution in [1.29, 1.82) is 0 Å². The predicted octanol–water partition coefficient (Wildman–Crippen LogP) is 3.14. The smallest absolute Gasteiger partial charge is 0.376 e. The highest BCUT2D eigenvalue weighted by atomic mass is 19.4. The van der Waals surface area contributed by atoms with Crippen LogP contribution in [0.2, 0.25) is 0 Å². The van der Waals surface area contributed by atoms with Crippen molar-refractivity contribution in [1.82, 2.24) is 15.2 Å². The molecule has 0 aliphatic carbocycles. The van der Waals surface area contributed by atoms with Gasteiger partial charge in [0.2, 0.25) is 0 Å². The summed E-state index contributed by atoms with van der Waals surface area (Å²) in [6, 6.07) is 1.99. The maximum absolute atomic E-state index is 12.9. The summed E-state index contributed by atoms with van der Waals surface area (Å²) in [6.07, 6.45) is 0.595. The van der Waals surface area contributed by atoms with Gasteiger partial charge in [-0.1, -0.05) is 0 Å². The molecule has 1 unspecified atom stereocenters. The molecule has 2 aliphatic heterocycles. The van der Waals surface area contributed by atoms with Crippen molar-refractivity contribution in [3.63, 3.8) is 0 Å². The molecule has 2 amide bonds. The van der Waals surface area contributed by atoms with Gasteiger partial charge >= 0.3 is 12.2 Å². The standard InChI is InChI=1S/C19H27F3N4O2/c1-25(17-11-15(4-7-23-17)19(20,21)22)13-14-5-8-26(9-6-14)18(27)24-12-16-3-2-10-28-16/h4,7,11,14,16H,2-3,5-6,8-10,12-13H2,1H3,(H,24,27).